The van der Waals surface area contributed by atoms with Crippen LogP contribution in [0.15, 0.2) is 12.7 Å². The first kappa shape index (κ1) is 13.4. The largest absolute Gasteiger partial charge is 0.462 e. The third-order valence-corrected chi connectivity index (χ3v) is 3.61. The van der Waals surface area contributed by atoms with E-state index in [0.29, 0.717) is 6.16 Å². The first-order valence-corrected chi connectivity index (χ1v) is 6.65. The normalized spacial score (nSPS) is 14.4. The average molecular weight is 220 g/mol. The summed E-state index contributed by atoms with van der Waals surface area (Å²) in [6.45, 7) is 5.16. The van der Waals surface area contributed by atoms with Crippen molar-refractivity contribution in [3.05, 3.63) is 12.7 Å². The maximum Gasteiger partial charge on any atom is 0.330 e. The summed E-state index contributed by atoms with van der Waals surface area (Å²) in [5.74, 6) is -0.555. The summed E-state index contributed by atoms with van der Waals surface area (Å²) in [7, 11) is -3.09. The van der Waals surface area contributed by atoms with Gasteiger partial charge in [-0.3, -0.25) is 4.57 Å². The number of unbranched alkanes of at least 4 members (excludes halogenated alkanes) is 1. The van der Waals surface area contributed by atoms with Crippen molar-refractivity contribution in [2.24, 2.45) is 0 Å². The minimum absolute atomic E-state index is 0.0116. The van der Waals surface area contributed by atoms with Crippen LogP contribution < -0.4 is 0 Å². The smallest absolute Gasteiger partial charge is 0.330 e. The molecule has 0 fully saturated rings. The van der Waals surface area contributed by atoms with E-state index < -0.39 is 13.3 Å². The Balaban J connectivity index is 3.70. The molecule has 0 heterocycles. The monoisotopic (exact) mass is 220 g/mol. The molecule has 0 saturated heterocycles. The third-order valence-electron chi connectivity index (χ3n) is 1.71. The van der Waals surface area contributed by atoms with Crippen molar-refractivity contribution in [3.8, 4) is 0 Å². The van der Waals surface area contributed by atoms with E-state index in [1.165, 1.54) is 0 Å². The molecule has 0 bridgehead atoms. The highest BCUT2D eigenvalue weighted by atomic mass is 31.2. The van der Waals surface area contributed by atoms with Crippen molar-refractivity contribution < 1.29 is 19.0 Å². The summed E-state index contributed by atoms with van der Waals surface area (Å²) in [5.41, 5.74) is 0. The highest BCUT2D eigenvalue weighted by Gasteiger charge is 2.17. The van der Waals surface area contributed by atoms with Crippen LogP contribution in [0, 0.1) is 0 Å². The van der Waals surface area contributed by atoms with Gasteiger partial charge in [0.1, 0.15) is 6.61 Å². The van der Waals surface area contributed by atoms with Crippen molar-refractivity contribution in [2.75, 3.05) is 18.9 Å². The zero-order valence-electron chi connectivity index (χ0n) is 8.44. The Morgan fingerprint density at radius 2 is 2.21 bits per heavy atom. The van der Waals surface area contributed by atoms with Crippen LogP contribution in [0.5, 0.6) is 0 Å². The molecule has 0 aromatic heterocycles. The molecule has 0 rings (SSSR count). The fourth-order valence-electron chi connectivity index (χ4n) is 0.865. The Bertz CT molecular complexity index is 237. The third kappa shape index (κ3) is 6.87. The van der Waals surface area contributed by atoms with E-state index in [4.69, 9.17) is 0 Å². The summed E-state index contributed by atoms with van der Waals surface area (Å²) < 4.78 is 16.0. The second-order valence-electron chi connectivity index (χ2n) is 3.02. The van der Waals surface area contributed by atoms with Crippen LogP contribution in [0.1, 0.15) is 19.8 Å². The number of carbonyl (C=O) groups excluding carboxylic acids is 1. The predicted octanol–water partition coefficient (Wildman–Crippen LogP) is 1.79. The molecule has 1 atom stereocenters. The van der Waals surface area contributed by atoms with Gasteiger partial charge in [-0.1, -0.05) is 19.9 Å². The lowest BCUT2D eigenvalue weighted by Gasteiger charge is -2.10. The SMILES string of the molecule is C=CC(=O)OCCP(=O)(O)CCCC. The molecule has 0 aliphatic heterocycles. The Labute approximate surface area is 84.4 Å². The Hall–Kier alpha value is -0.600. The van der Waals surface area contributed by atoms with Crippen LogP contribution in [0.25, 0.3) is 0 Å². The van der Waals surface area contributed by atoms with E-state index >= 15 is 0 Å². The van der Waals surface area contributed by atoms with Gasteiger partial charge in [0.25, 0.3) is 0 Å². The Morgan fingerprint density at radius 3 is 2.71 bits per heavy atom. The quantitative estimate of drug-likeness (QED) is 0.403. The van der Waals surface area contributed by atoms with Crippen molar-refractivity contribution >= 4 is 13.3 Å². The number of hydrogen-bond donors (Lipinski definition) is 1. The second-order valence-corrected chi connectivity index (χ2v) is 5.61. The van der Waals surface area contributed by atoms with Gasteiger partial charge >= 0.3 is 5.97 Å². The molecule has 1 unspecified atom stereocenters. The molecule has 0 saturated carbocycles. The highest BCUT2D eigenvalue weighted by molar-refractivity contribution is 7.58. The van der Waals surface area contributed by atoms with Crippen LogP contribution >= 0.6 is 7.37 Å². The average Bonchev–Trinajstić information content (AvgIpc) is 2.14. The van der Waals surface area contributed by atoms with E-state index in [1.807, 2.05) is 6.92 Å². The molecule has 82 valence electrons. The van der Waals surface area contributed by atoms with Crippen LogP contribution in [0.2, 0.25) is 0 Å². The van der Waals surface area contributed by atoms with Crippen molar-refractivity contribution in [1.82, 2.24) is 0 Å². The number of rotatable bonds is 7. The Morgan fingerprint density at radius 1 is 1.57 bits per heavy atom. The fraction of sp³-hybridized carbons (Fsp3) is 0.667. The van der Waals surface area contributed by atoms with Gasteiger partial charge in [0.2, 0.25) is 7.37 Å². The molecule has 4 nitrogen and oxygen atoms in total. The van der Waals surface area contributed by atoms with E-state index in [1.54, 1.807) is 0 Å². The summed E-state index contributed by atoms with van der Waals surface area (Å²) in [5, 5.41) is 0. The van der Waals surface area contributed by atoms with Gasteiger partial charge in [-0.2, -0.15) is 0 Å². The molecule has 0 amide bonds. The minimum atomic E-state index is -3.09. The van der Waals surface area contributed by atoms with Gasteiger partial charge in [0, 0.05) is 12.2 Å². The lowest BCUT2D eigenvalue weighted by molar-refractivity contribution is -0.137. The second kappa shape index (κ2) is 6.80. The number of esters is 1. The topological polar surface area (TPSA) is 63.6 Å². The van der Waals surface area contributed by atoms with Crippen LogP contribution in [0.4, 0.5) is 0 Å². The lowest BCUT2D eigenvalue weighted by Crippen LogP contribution is -2.07. The van der Waals surface area contributed by atoms with E-state index in [2.05, 4.69) is 11.3 Å². The molecule has 1 N–H and O–H groups in total. The standard InChI is InChI=1S/C9H17O4P/c1-3-5-7-14(11,12)8-6-13-9(10)4-2/h4H,2-3,5-8H2,1H3,(H,11,12). The van der Waals surface area contributed by atoms with Crippen LogP contribution in [-0.2, 0) is 14.1 Å². The van der Waals surface area contributed by atoms with Crippen molar-refractivity contribution in [1.29, 1.82) is 0 Å². The minimum Gasteiger partial charge on any atom is -0.462 e. The highest BCUT2D eigenvalue weighted by Crippen LogP contribution is 2.40. The number of hydrogen-bond acceptors (Lipinski definition) is 3. The van der Waals surface area contributed by atoms with Crippen LogP contribution in [0.3, 0.4) is 0 Å². The maximum absolute atomic E-state index is 11.4. The summed E-state index contributed by atoms with van der Waals surface area (Å²) >= 11 is 0. The zero-order chi connectivity index (χ0) is 11.0. The summed E-state index contributed by atoms with van der Waals surface area (Å²) in [4.78, 5) is 20.0. The maximum atomic E-state index is 11.4. The summed E-state index contributed by atoms with van der Waals surface area (Å²) in [6.07, 6.45) is 2.98. The summed E-state index contributed by atoms with van der Waals surface area (Å²) in [6, 6.07) is 0. The van der Waals surface area contributed by atoms with Gasteiger partial charge in [0.15, 0.2) is 0 Å². The lowest BCUT2D eigenvalue weighted by atomic mass is 10.4. The molecule has 0 aromatic carbocycles. The van der Waals surface area contributed by atoms with E-state index in [0.717, 1.165) is 18.9 Å². The molecule has 5 heteroatoms. The molecule has 0 radical (unpaired) electrons. The van der Waals surface area contributed by atoms with Gasteiger partial charge in [-0.25, -0.2) is 4.79 Å². The van der Waals surface area contributed by atoms with Crippen LogP contribution in [-0.4, -0.2) is 29.8 Å². The van der Waals surface area contributed by atoms with E-state index in [9.17, 15) is 14.3 Å². The van der Waals surface area contributed by atoms with Gasteiger partial charge in [0.05, 0.1) is 6.16 Å². The zero-order valence-corrected chi connectivity index (χ0v) is 9.33. The van der Waals surface area contributed by atoms with Gasteiger partial charge < -0.3 is 9.63 Å². The first-order chi connectivity index (χ1) is 6.52. The fourth-order valence-corrected chi connectivity index (χ4v) is 2.28. The predicted molar refractivity (Wildman–Crippen MR) is 55.6 cm³/mol. The van der Waals surface area contributed by atoms with Crippen molar-refractivity contribution in [3.63, 3.8) is 0 Å². The number of ether oxygens (including phenoxy) is 1. The molecule has 0 aliphatic carbocycles. The van der Waals surface area contributed by atoms with E-state index in [-0.39, 0.29) is 12.8 Å². The van der Waals surface area contributed by atoms with Crippen molar-refractivity contribution in [2.45, 2.75) is 19.8 Å². The molecule has 14 heavy (non-hydrogen) atoms. The van der Waals surface area contributed by atoms with Gasteiger partial charge in [-0.05, 0) is 6.42 Å². The molecular weight excluding hydrogens is 203 g/mol. The molecule has 0 aliphatic rings. The molecule has 0 aromatic rings. The Kier molecular flexibility index (Phi) is 6.50. The number of carbonyl (C=O) groups is 1. The molecular formula is C9H17O4P. The van der Waals surface area contributed by atoms with Gasteiger partial charge in [-0.15, -0.1) is 0 Å². The molecule has 0 spiro atoms. The first-order valence-electron chi connectivity index (χ1n) is 4.62.